The van der Waals surface area contributed by atoms with Gasteiger partial charge in [0.25, 0.3) is 0 Å². The third-order valence-corrected chi connectivity index (χ3v) is 6.20. The maximum Gasteiger partial charge on any atom is 0.0312 e. The number of hydrogen-bond acceptors (Lipinski definition) is 0. The lowest BCUT2D eigenvalue weighted by atomic mass is 9.89. The van der Waals surface area contributed by atoms with E-state index in [0.29, 0.717) is 0 Å². The minimum Gasteiger partial charge on any atom is -0.0979 e. The van der Waals surface area contributed by atoms with E-state index >= 15 is 0 Å². The maximum atomic E-state index is 4.39. The predicted octanol–water partition coefficient (Wildman–Crippen LogP) is 14.0. The summed E-state index contributed by atoms with van der Waals surface area (Å²) in [7, 11) is 0. The maximum absolute atomic E-state index is 4.39. The fraction of sp³-hybridized carbons (Fsp3) is 0.512. The number of hydrogen-bond donors (Lipinski definition) is 0. The van der Waals surface area contributed by atoms with Crippen LogP contribution in [0.4, 0.5) is 0 Å². The van der Waals surface area contributed by atoms with Crippen molar-refractivity contribution in [3.05, 3.63) is 94.6 Å². The highest BCUT2D eigenvalue weighted by atomic mass is 14.2. The molecule has 0 aromatic heterocycles. The Bertz CT molecular complexity index is 1030. The highest BCUT2D eigenvalue weighted by molar-refractivity contribution is 5.85. The summed E-state index contributed by atoms with van der Waals surface area (Å²) < 4.78 is 0. The SMILES string of the molecule is C.C=C(/C=C(\C)C(=C)c1ccc(CC)c(C#CCCC)c1C)c1ccccc1C.CC.CC.CCCC.CCCC. The zero-order valence-electron chi connectivity index (χ0n) is 28.9. The van der Waals surface area contributed by atoms with Crippen LogP contribution in [0.2, 0.25) is 0 Å². The highest BCUT2D eigenvalue weighted by Crippen LogP contribution is 2.30. The summed E-state index contributed by atoms with van der Waals surface area (Å²) in [5.74, 6) is 6.73. The first-order valence-electron chi connectivity index (χ1n) is 16.0. The standard InChI is InChI=1S/C28H32.2C4H10.2C2H6.CH4/c1-8-10-11-16-28-24(7)27(18-17-25(28)9-2)23(6)21(4)19-22(5)26-15-13-12-14-20(26)3;2*1-3-4-2;2*1-2;/h12-15,17-19H,5-6,8-10H2,1-4,7H3;2*3-4H2,1-2H3;2*1-2H3;1H4/b21-19+;;;;;. The molecule has 0 aliphatic carbocycles. The van der Waals surface area contributed by atoms with Crippen LogP contribution in [0.1, 0.15) is 155 Å². The topological polar surface area (TPSA) is 0 Å². The molecular formula is C41H68. The first kappa shape index (κ1) is 45.2. The van der Waals surface area contributed by atoms with Gasteiger partial charge in [0, 0.05) is 12.0 Å². The van der Waals surface area contributed by atoms with Crippen LogP contribution in [0.25, 0.3) is 11.1 Å². The Morgan fingerprint density at radius 2 is 1.24 bits per heavy atom. The van der Waals surface area contributed by atoms with E-state index in [1.165, 1.54) is 59.1 Å². The molecule has 0 aliphatic rings. The minimum atomic E-state index is 0. The molecule has 0 bridgehead atoms. The van der Waals surface area contributed by atoms with Crippen molar-refractivity contribution >= 4 is 11.1 Å². The predicted molar refractivity (Wildman–Crippen MR) is 196 cm³/mol. The first-order chi connectivity index (χ1) is 19.2. The molecule has 0 heterocycles. The molecule has 2 aromatic rings. The Hall–Kier alpha value is -2.78. The summed E-state index contributed by atoms with van der Waals surface area (Å²) in [4.78, 5) is 0. The van der Waals surface area contributed by atoms with Crippen molar-refractivity contribution in [1.82, 2.24) is 0 Å². The Kier molecular flexibility index (Phi) is 33.3. The lowest BCUT2D eigenvalue weighted by Crippen LogP contribution is -1.98. The van der Waals surface area contributed by atoms with E-state index in [1.807, 2.05) is 27.7 Å². The van der Waals surface area contributed by atoms with Crippen LogP contribution in [0, 0.1) is 25.7 Å². The summed E-state index contributed by atoms with van der Waals surface area (Å²) >= 11 is 0. The molecule has 0 unspecified atom stereocenters. The lowest BCUT2D eigenvalue weighted by molar-refractivity contribution is 0.886. The van der Waals surface area contributed by atoms with Crippen molar-refractivity contribution in [2.24, 2.45) is 0 Å². The van der Waals surface area contributed by atoms with E-state index in [4.69, 9.17) is 0 Å². The molecule has 2 rings (SSSR count). The van der Waals surface area contributed by atoms with Gasteiger partial charge in [0.2, 0.25) is 0 Å². The number of aryl methyl sites for hydroxylation is 2. The normalized spacial score (nSPS) is 9.24. The minimum absolute atomic E-state index is 0. The van der Waals surface area contributed by atoms with Crippen LogP contribution in [-0.4, -0.2) is 0 Å². The van der Waals surface area contributed by atoms with Gasteiger partial charge in [0.1, 0.15) is 0 Å². The largest absolute Gasteiger partial charge is 0.0979 e. The summed E-state index contributed by atoms with van der Waals surface area (Å²) in [5.41, 5.74) is 10.5. The van der Waals surface area contributed by atoms with Gasteiger partial charge in [-0.1, -0.05) is 170 Å². The molecule has 0 fully saturated rings. The molecule has 0 N–H and O–H groups in total. The van der Waals surface area contributed by atoms with Gasteiger partial charge in [-0.2, -0.15) is 0 Å². The van der Waals surface area contributed by atoms with Crippen molar-refractivity contribution < 1.29 is 0 Å². The Morgan fingerprint density at radius 3 is 1.68 bits per heavy atom. The average molecular weight is 561 g/mol. The fourth-order valence-electron chi connectivity index (χ4n) is 3.41. The smallest absolute Gasteiger partial charge is 0.0312 e. The molecule has 0 nitrogen and oxygen atoms in total. The second-order valence-electron chi connectivity index (χ2n) is 9.32. The molecule has 0 aliphatic heterocycles. The quantitative estimate of drug-likeness (QED) is 0.222. The van der Waals surface area contributed by atoms with Crippen molar-refractivity contribution in [2.75, 3.05) is 0 Å². The van der Waals surface area contributed by atoms with Crippen molar-refractivity contribution in [1.29, 1.82) is 0 Å². The average Bonchev–Trinajstić information content (AvgIpc) is 3.00. The van der Waals surface area contributed by atoms with Gasteiger partial charge >= 0.3 is 0 Å². The molecule has 0 saturated heterocycles. The molecule has 0 amide bonds. The Morgan fingerprint density at radius 1 is 0.732 bits per heavy atom. The number of benzene rings is 2. The molecule has 41 heavy (non-hydrogen) atoms. The van der Waals surface area contributed by atoms with Gasteiger partial charge in [0.15, 0.2) is 0 Å². The van der Waals surface area contributed by atoms with Crippen molar-refractivity contribution in [2.45, 2.75) is 142 Å². The zero-order valence-corrected chi connectivity index (χ0v) is 28.9. The van der Waals surface area contributed by atoms with Crippen LogP contribution in [0.5, 0.6) is 0 Å². The van der Waals surface area contributed by atoms with Crippen molar-refractivity contribution in [3.8, 4) is 11.8 Å². The third-order valence-electron chi connectivity index (χ3n) is 6.20. The van der Waals surface area contributed by atoms with Crippen LogP contribution in [0.3, 0.4) is 0 Å². The zero-order chi connectivity index (χ0) is 31.5. The number of unbranched alkanes of at least 4 members (excludes halogenated alkanes) is 3. The van der Waals surface area contributed by atoms with Gasteiger partial charge in [-0.3, -0.25) is 0 Å². The van der Waals surface area contributed by atoms with Gasteiger partial charge < -0.3 is 0 Å². The van der Waals surface area contributed by atoms with E-state index in [0.717, 1.165) is 36.0 Å². The second kappa shape index (κ2) is 30.2. The van der Waals surface area contributed by atoms with Crippen LogP contribution in [-0.2, 0) is 6.42 Å². The number of rotatable bonds is 8. The molecule has 0 saturated carbocycles. The van der Waals surface area contributed by atoms with E-state index in [9.17, 15) is 0 Å². The first-order valence-corrected chi connectivity index (χ1v) is 16.0. The molecule has 0 radical (unpaired) electrons. The van der Waals surface area contributed by atoms with Crippen molar-refractivity contribution in [3.63, 3.8) is 0 Å². The summed E-state index contributed by atoms with van der Waals surface area (Å²) in [6, 6.07) is 12.7. The van der Waals surface area contributed by atoms with Crippen LogP contribution in [0.15, 0.2) is 61.2 Å². The second-order valence-corrected chi connectivity index (χ2v) is 9.32. The highest BCUT2D eigenvalue weighted by Gasteiger charge is 2.11. The molecule has 232 valence electrons. The fourth-order valence-corrected chi connectivity index (χ4v) is 3.41. The third kappa shape index (κ3) is 18.3. The molecule has 0 heteroatoms. The molecule has 0 spiro atoms. The van der Waals surface area contributed by atoms with Gasteiger partial charge in [-0.25, -0.2) is 0 Å². The van der Waals surface area contributed by atoms with Gasteiger partial charge in [0.05, 0.1) is 0 Å². The summed E-state index contributed by atoms with van der Waals surface area (Å²) in [5, 5.41) is 0. The van der Waals surface area contributed by atoms with Crippen LogP contribution < -0.4 is 0 Å². The number of allylic oxidation sites excluding steroid dienone is 4. The van der Waals surface area contributed by atoms with Gasteiger partial charge in [-0.05, 0) is 78.1 Å². The molecule has 2 aromatic carbocycles. The summed E-state index contributed by atoms with van der Waals surface area (Å²) in [6.45, 7) is 36.1. The van der Waals surface area contributed by atoms with E-state index in [-0.39, 0.29) is 7.43 Å². The Balaban J connectivity index is -0.000000452. The van der Waals surface area contributed by atoms with E-state index < -0.39 is 0 Å². The Labute approximate surface area is 259 Å². The van der Waals surface area contributed by atoms with Crippen LogP contribution >= 0.6 is 0 Å². The lowest BCUT2D eigenvalue weighted by Gasteiger charge is -2.15. The monoisotopic (exact) mass is 561 g/mol. The summed E-state index contributed by atoms with van der Waals surface area (Å²) in [6.07, 6.45) is 10.4. The van der Waals surface area contributed by atoms with Gasteiger partial charge in [-0.15, -0.1) is 0 Å². The molecular weight excluding hydrogens is 492 g/mol. The van der Waals surface area contributed by atoms with E-state index in [2.05, 4.69) is 130 Å². The molecule has 0 atom stereocenters. The van der Waals surface area contributed by atoms with E-state index in [1.54, 1.807) is 0 Å².